The largest absolute Gasteiger partial charge is 0.331 e. The van der Waals surface area contributed by atoms with Crippen LogP contribution in [0.1, 0.15) is 34.1 Å². The molecule has 1 aromatic carbocycles. The van der Waals surface area contributed by atoms with Gasteiger partial charge in [-0.3, -0.25) is 4.79 Å². The molecule has 3 rings (SSSR count). The molecule has 1 fully saturated rings. The van der Waals surface area contributed by atoms with Gasteiger partial charge in [-0.1, -0.05) is 6.07 Å². The lowest BCUT2D eigenvalue weighted by Crippen LogP contribution is -2.30. The Morgan fingerprint density at radius 3 is 2.72 bits per heavy atom. The summed E-state index contributed by atoms with van der Waals surface area (Å²) in [5, 5.41) is 2.01. The molecule has 1 aliphatic heterocycles. The van der Waals surface area contributed by atoms with Crippen molar-refractivity contribution in [3.8, 4) is 0 Å². The fraction of sp³-hybridized carbons (Fsp3) is 0.353. The maximum Gasteiger partial charge on any atom is 0.254 e. The second-order valence-electron chi connectivity index (χ2n) is 6.10. The number of rotatable bonds is 4. The molecule has 134 valence electrons. The summed E-state index contributed by atoms with van der Waals surface area (Å²) in [7, 11) is -0.675. The highest BCUT2D eigenvalue weighted by molar-refractivity contribution is 9.10. The highest BCUT2D eigenvalue weighted by Crippen LogP contribution is 2.36. The van der Waals surface area contributed by atoms with E-state index in [1.807, 2.05) is 22.4 Å². The fourth-order valence-electron chi connectivity index (χ4n) is 2.98. The number of halogens is 1. The summed E-state index contributed by atoms with van der Waals surface area (Å²) in [5.74, 6) is -0.126. The zero-order valence-electron chi connectivity index (χ0n) is 14.0. The predicted octanol–water partition coefficient (Wildman–Crippen LogP) is 3.74. The molecule has 1 amide bonds. The third kappa shape index (κ3) is 3.53. The Kier molecular flexibility index (Phi) is 5.34. The van der Waals surface area contributed by atoms with Crippen LogP contribution in [0.15, 0.2) is 45.1 Å². The molecule has 0 saturated carbocycles. The molecule has 0 aliphatic carbocycles. The van der Waals surface area contributed by atoms with E-state index in [0.29, 0.717) is 16.6 Å². The summed E-state index contributed by atoms with van der Waals surface area (Å²) in [5.41, 5.74) is 0.395. The van der Waals surface area contributed by atoms with Gasteiger partial charge < -0.3 is 4.90 Å². The summed E-state index contributed by atoms with van der Waals surface area (Å²) in [4.78, 5) is 16.1. The first-order chi connectivity index (χ1) is 11.8. The third-order valence-electron chi connectivity index (χ3n) is 4.32. The van der Waals surface area contributed by atoms with E-state index in [0.717, 1.165) is 17.1 Å². The van der Waals surface area contributed by atoms with E-state index in [-0.39, 0.29) is 16.8 Å². The van der Waals surface area contributed by atoms with Gasteiger partial charge in [0.15, 0.2) is 0 Å². The number of thiophene rings is 1. The van der Waals surface area contributed by atoms with Crippen LogP contribution in [-0.2, 0) is 10.0 Å². The van der Waals surface area contributed by atoms with Crippen LogP contribution >= 0.6 is 27.3 Å². The average Bonchev–Trinajstić information content (AvgIpc) is 3.25. The van der Waals surface area contributed by atoms with Crippen LogP contribution in [0.3, 0.4) is 0 Å². The first-order valence-corrected chi connectivity index (χ1v) is 11.0. The number of hydrogen-bond donors (Lipinski definition) is 0. The quantitative estimate of drug-likeness (QED) is 0.724. The maximum absolute atomic E-state index is 13.0. The molecule has 1 atom stereocenters. The normalized spacial score (nSPS) is 18.1. The fourth-order valence-corrected chi connectivity index (χ4v) is 5.70. The molecule has 0 N–H and O–H groups in total. The number of amides is 1. The van der Waals surface area contributed by atoms with E-state index in [1.165, 1.54) is 25.0 Å². The van der Waals surface area contributed by atoms with E-state index in [9.17, 15) is 13.2 Å². The molecule has 1 unspecified atom stereocenters. The van der Waals surface area contributed by atoms with Gasteiger partial charge in [0.25, 0.3) is 5.91 Å². The molecule has 25 heavy (non-hydrogen) atoms. The Bertz CT molecular complexity index is 879. The lowest BCUT2D eigenvalue weighted by Gasteiger charge is -2.24. The van der Waals surface area contributed by atoms with Crippen molar-refractivity contribution in [2.45, 2.75) is 23.8 Å². The molecule has 1 saturated heterocycles. The van der Waals surface area contributed by atoms with Crippen LogP contribution in [0.4, 0.5) is 0 Å². The van der Waals surface area contributed by atoms with Gasteiger partial charge in [0, 0.05) is 35.6 Å². The molecule has 1 aromatic heterocycles. The number of carbonyl (C=O) groups is 1. The lowest BCUT2D eigenvalue weighted by molar-refractivity contribution is 0.0737. The highest BCUT2D eigenvalue weighted by Gasteiger charge is 2.32. The van der Waals surface area contributed by atoms with Gasteiger partial charge in [0.05, 0.1) is 10.9 Å². The summed E-state index contributed by atoms with van der Waals surface area (Å²) in [6.45, 7) is 0.688. The zero-order valence-corrected chi connectivity index (χ0v) is 17.2. The van der Waals surface area contributed by atoms with Gasteiger partial charge in [-0.05, 0) is 58.4 Å². The number of benzene rings is 1. The Morgan fingerprint density at radius 2 is 2.08 bits per heavy atom. The highest BCUT2D eigenvalue weighted by atomic mass is 79.9. The smallest absolute Gasteiger partial charge is 0.254 e. The Balaban J connectivity index is 1.95. The van der Waals surface area contributed by atoms with Gasteiger partial charge in [-0.2, -0.15) is 0 Å². The molecule has 0 spiro atoms. The number of likely N-dealkylation sites (tertiary alicyclic amines) is 1. The molecule has 2 heterocycles. The molecule has 1 aliphatic rings. The molecule has 0 radical (unpaired) electrons. The molecule has 8 heteroatoms. The third-order valence-corrected chi connectivity index (χ3v) is 8.10. The number of carbonyl (C=O) groups excluding carboxylic acids is 1. The Morgan fingerprint density at radius 1 is 1.32 bits per heavy atom. The SMILES string of the molecule is CN(C)S(=O)(=O)c1cc(C(=O)N2CCCC2c2cccs2)ccc1Br. The second kappa shape index (κ2) is 7.19. The van der Waals surface area contributed by atoms with Crippen molar-refractivity contribution in [2.75, 3.05) is 20.6 Å². The second-order valence-corrected chi connectivity index (χ2v) is 10.1. The van der Waals surface area contributed by atoms with Gasteiger partial charge in [-0.15, -0.1) is 11.3 Å². The zero-order chi connectivity index (χ0) is 18.2. The molecule has 5 nitrogen and oxygen atoms in total. The molecular formula is C17H19BrN2O3S2. The Labute approximate surface area is 160 Å². The van der Waals surface area contributed by atoms with Crippen molar-refractivity contribution in [1.82, 2.24) is 9.21 Å². The van der Waals surface area contributed by atoms with Crippen molar-refractivity contribution in [3.05, 3.63) is 50.6 Å². The van der Waals surface area contributed by atoms with E-state index in [1.54, 1.807) is 23.5 Å². The first-order valence-electron chi connectivity index (χ1n) is 7.89. The first kappa shape index (κ1) is 18.6. The summed E-state index contributed by atoms with van der Waals surface area (Å²) in [6, 6.07) is 8.87. The minimum atomic E-state index is -3.63. The van der Waals surface area contributed by atoms with Crippen molar-refractivity contribution < 1.29 is 13.2 Å². The standard InChI is InChI=1S/C17H19BrN2O3S2/c1-19(2)25(22,23)16-11-12(7-8-13(16)18)17(21)20-9-3-5-14(20)15-6-4-10-24-15/h4,6-8,10-11,14H,3,5,9H2,1-2H3. The van der Waals surface area contributed by atoms with Crippen LogP contribution in [0.5, 0.6) is 0 Å². The van der Waals surface area contributed by atoms with Crippen LogP contribution < -0.4 is 0 Å². The minimum Gasteiger partial charge on any atom is -0.331 e. The monoisotopic (exact) mass is 442 g/mol. The predicted molar refractivity (Wildman–Crippen MR) is 102 cm³/mol. The number of sulfonamides is 1. The van der Waals surface area contributed by atoms with E-state index >= 15 is 0 Å². The van der Waals surface area contributed by atoms with Gasteiger partial charge in [0.1, 0.15) is 0 Å². The number of nitrogens with zero attached hydrogens (tertiary/aromatic N) is 2. The molecule has 2 aromatic rings. The topological polar surface area (TPSA) is 57.7 Å². The average molecular weight is 443 g/mol. The van der Waals surface area contributed by atoms with E-state index in [2.05, 4.69) is 15.9 Å². The minimum absolute atomic E-state index is 0.0741. The van der Waals surface area contributed by atoms with Crippen LogP contribution in [-0.4, -0.2) is 44.2 Å². The van der Waals surface area contributed by atoms with Crippen molar-refractivity contribution in [2.24, 2.45) is 0 Å². The Hall–Kier alpha value is -1.22. The van der Waals surface area contributed by atoms with Crippen molar-refractivity contribution in [1.29, 1.82) is 0 Å². The van der Waals surface area contributed by atoms with Crippen molar-refractivity contribution in [3.63, 3.8) is 0 Å². The molecule has 0 bridgehead atoms. The van der Waals surface area contributed by atoms with Crippen molar-refractivity contribution >= 4 is 43.2 Å². The van der Waals surface area contributed by atoms with Gasteiger partial charge in [-0.25, -0.2) is 12.7 Å². The molecular weight excluding hydrogens is 424 g/mol. The van der Waals surface area contributed by atoms with E-state index < -0.39 is 10.0 Å². The van der Waals surface area contributed by atoms with Crippen LogP contribution in [0.25, 0.3) is 0 Å². The summed E-state index contributed by atoms with van der Waals surface area (Å²) in [6.07, 6.45) is 1.89. The van der Waals surface area contributed by atoms with E-state index in [4.69, 9.17) is 0 Å². The van der Waals surface area contributed by atoms with Crippen LogP contribution in [0, 0.1) is 0 Å². The summed E-state index contributed by atoms with van der Waals surface area (Å²) >= 11 is 4.93. The van der Waals surface area contributed by atoms with Gasteiger partial charge in [0.2, 0.25) is 10.0 Å². The summed E-state index contributed by atoms with van der Waals surface area (Å²) < 4.78 is 26.5. The maximum atomic E-state index is 13.0. The lowest BCUT2D eigenvalue weighted by atomic mass is 10.1. The van der Waals surface area contributed by atoms with Crippen LogP contribution in [0.2, 0.25) is 0 Å². The number of hydrogen-bond acceptors (Lipinski definition) is 4. The van der Waals surface area contributed by atoms with Gasteiger partial charge >= 0.3 is 0 Å².